The standard InChI is InChI=1S/C16H23NO3/c1-2-7-16(20)17-14(12-18)10-5-3-8-13-9-4-6-11-15(13)19/h4,6,9,11-12,14,19H,2-3,5,7-8,10H2,1H3,(H,17,20). The average molecular weight is 277 g/mol. The molecule has 20 heavy (non-hydrogen) atoms. The highest BCUT2D eigenvalue weighted by molar-refractivity contribution is 5.79. The molecule has 1 atom stereocenters. The van der Waals surface area contributed by atoms with Crippen molar-refractivity contribution in [3.05, 3.63) is 29.8 Å². The lowest BCUT2D eigenvalue weighted by molar-refractivity contribution is -0.124. The van der Waals surface area contributed by atoms with Gasteiger partial charge in [-0.25, -0.2) is 0 Å². The molecule has 0 fully saturated rings. The van der Waals surface area contributed by atoms with Crippen LogP contribution in [0.5, 0.6) is 5.75 Å². The van der Waals surface area contributed by atoms with Crippen LogP contribution >= 0.6 is 0 Å². The quantitative estimate of drug-likeness (QED) is 0.538. The topological polar surface area (TPSA) is 66.4 Å². The van der Waals surface area contributed by atoms with E-state index in [4.69, 9.17) is 0 Å². The number of para-hydroxylation sites is 1. The Labute approximate surface area is 120 Å². The second-order valence-corrected chi connectivity index (χ2v) is 4.93. The number of carbonyl (C=O) groups excluding carboxylic acids is 2. The molecule has 4 heteroatoms. The largest absolute Gasteiger partial charge is 0.508 e. The molecule has 0 aliphatic rings. The summed E-state index contributed by atoms with van der Waals surface area (Å²) in [5, 5.41) is 12.4. The summed E-state index contributed by atoms with van der Waals surface area (Å²) in [5.41, 5.74) is 0.921. The Morgan fingerprint density at radius 1 is 1.35 bits per heavy atom. The van der Waals surface area contributed by atoms with Gasteiger partial charge in [-0.2, -0.15) is 0 Å². The lowest BCUT2D eigenvalue weighted by Crippen LogP contribution is -2.35. The number of rotatable bonds is 9. The third-order valence-corrected chi connectivity index (χ3v) is 3.19. The maximum Gasteiger partial charge on any atom is 0.220 e. The number of aromatic hydroxyl groups is 1. The van der Waals surface area contributed by atoms with Gasteiger partial charge in [-0.3, -0.25) is 4.79 Å². The second-order valence-electron chi connectivity index (χ2n) is 4.93. The van der Waals surface area contributed by atoms with Crippen LogP contribution in [0.4, 0.5) is 0 Å². The molecule has 0 bridgehead atoms. The summed E-state index contributed by atoms with van der Waals surface area (Å²) in [6.45, 7) is 1.93. The van der Waals surface area contributed by atoms with Crippen molar-refractivity contribution in [2.45, 2.75) is 51.5 Å². The molecule has 0 saturated heterocycles. The van der Waals surface area contributed by atoms with Crippen LogP contribution in [0.1, 0.15) is 44.6 Å². The molecule has 1 unspecified atom stereocenters. The Morgan fingerprint density at radius 3 is 2.75 bits per heavy atom. The van der Waals surface area contributed by atoms with Gasteiger partial charge in [0.15, 0.2) is 0 Å². The number of aryl methyl sites for hydroxylation is 1. The molecule has 1 amide bonds. The minimum Gasteiger partial charge on any atom is -0.508 e. The van der Waals surface area contributed by atoms with E-state index < -0.39 is 6.04 Å². The minimum absolute atomic E-state index is 0.0645. The van der Waals surface area contributed by atoms with Gasteiger partial charge in [0.1, 0.15) is 12.0 Å². The van der Waals surface area contributed by atoms with E-state index in [1.807, 2.05) is 19.1 Å². The van der Waals surface area contributed by atoms with Crippen LogP contribution in [0.2, 0.25) is 0 Å². The van der Waals surface area contributed by atoms with Crippen LogP contribution in [0.3, 0.4) is 0 Å². The smallest absolute Gasteiger partial charge is 0.220 e. The van der Waals surface area contributed by atoms with Crippen molar-refractivity contribution in [2.24, 2.45) is 0 Å². The monoisotopic (exact) mass is 277 g/mol. The molecule has 0 spiro atoms. The fraction of sp³-hybridized carbons (Fsp3) is 0.500. The molecule has 0 heterocycles. The SMILES string of the molecule is CCCC(=O)NC(C=O)CCCCc1ccccc1O. The van der Waals surface area contributed by atoms with E-state index in [1.165, 1.54) is 0 Å². The number of hydrogen-bond acceptors (Lipinski definition) is 3. The number of benzene rings is 1. The predicted octanol–water partition coefficient (Wildman–Crippen LogP) is 2.59. The second kappa shape index (κ2) is 9.13. The molecule has 4 nitrogen and oxygen atoms in total. The van der Waals surface area contributed by atoms with E-state index in [1.54, 1.807) is 12.1 Å². The maximum absolute atomic E-state index is 11.4. The van der Waals surface area contributed by atoms with E-state index in [2.05, 4.69) is 5.32 Å². The fourth-order valence-electron chi connectivity index (χ4n) is 2.08. The van der Waals surface area contributed by atoms with Crippen molar-refractivity contribution in [1.82, 2.24) is 5.32 Å². The summed E-state index contributed by atoms with van der Waals surface area (Å²) in [6, 6.07) is 6.88. The summed E-state index contributed by atoms with van der Waals surface area (Å²) < 4.78 is 0. The van der Waals surface area contributed by atoms with Crippen LogP contribution in [0.15, 0.2) is 24.3 Å². The first kappa shape index (κ1) is 16.2. The van der Waals surface area contributed by atoms with Crippen molar-refractivity contribution in [2.75, 3.05) is 0 Å². The number of phenolic OH excluding ortho intramolecular Hbond substituents is 1. The summed E-state index contributed by atoms with van der Waals surface area (Å²) in [4.78, 5) is 22.3. The van der Waals surface area contributed by atoms with Crippen LogP contribution in [0.25, 0.3) is 0 Å². The summed E-state index contributed by atoms with van der Waals surface area (Å²) in [7, 11) is 0. The minimum atomic E-state index is -0.390. The zero-order valence-electron chi connectivity index (χ0n) is 12.0. The molecule has 0 aromatic heterocycles. The molecule has 2 N–H and O–H groups in total. The number of phenols is 1. The molecule has 0 saturated carbocycles. The van der Waals surface area contributed by atoms with E-state index >= 15 is 0 Å². The van der Waals surface area contributed by atoms with Gasteiger partial charge in [0.25, 0.3) is 0 Å². The first-order valence-electron chi connectivity index (χ1n) is 7.19. The third kappa shape index (κ3) is 5.87. The molecule has 110 valence electrons. The van der Waals surface area contributed by atoms with Gasteiger partial charge < -0.3 is 15.2 Å². The molecular formula is C16H23NO3. The molecule has 1 aromatic rings. The fourth-order valence-corrected chi connectivity index (χ4v) is 2.08. The van der Waals surface area contributed by atoms with Crippen molar-refractivity contribution in [1.29, 1.82) is 0 Å². The van der Waals surface area contributed by atoms with Gasteiger partial charge >= 0.3 is 0 Å². The molecule has 0 aliphatic carbocycles. The first-order valence-corrected chi connectivity index (χ1v) is 7.19. The lowest BCUT2D eigenvalue weighted by atomic mass is 10.0. The number of nitrogens with one attached hydrogen (secondary N) is 1. The number of unbranched alkanes of at least 4 members (excludes halogenated alkanes) is 1. The predicted molar refractivity (Wildman–Crippen MR) is 78.6 cm³/mol. The molecule has 1 aromatic carbocycles. The molecule has 1 rings (SSSR count). The van der Waals surface area contributed by atoms with Gasteiger partial charge in [-0.15, -0.1) is 0 Å². The van der Waals surface area contributed by atoms with Crippen molar-refractivity contribution < 1.29 is 14.7 Å². The normalized spacial score (nSPS) is 11.8. The summed E-state index contributed by atoms with van der Waals surface area (Å²) in [6.07, 6.45) is 5.18. The number of aldehydes is 1. The van der Waals surface area contributed by atoms with Crippen molar-refractivity contribution >= 4 is 12.2 Å². The third-order valence-electron chi connectivity index (χ3n) is 3.19. The molecule has 0 aliphatic heterocycles. The zero-order valence-corrected chi connectivity index (χ0v) is 12.0. The Bertz CT molecular complexity index is 431. The van der Waals surface area contributed by atoms with Gasteiger partial charge in [0.05, 0.1) is 6.04 Å². The zero-order chi connectivity index (χ0) is 14.8. The number of carbonyl (C=O) groups is 2. The van der Waals surface area contributed by atoms with Crippen LogP contribution in [-0.4, -0.2) is 23.3 Å². The Kier molecular flexibility index (Phi) is 7.40. The van der Waals surface area contributed by atoms with Gasteiger partial charge in [-0.1, -0.05) is 31.5 Å². The summed E-state index contributed by atoms with van der Waals surface area (Å²) >= 11 is 0. The lowest BCUT2D eigenvalue weighted by Gasteiger charge is -2.12. The van der Waals surface area contributed by atoms with Crippen LogP contribution < -0.4 is 5.32 Å². The van der Waals surface area contributed by atoms with Gasteiger partial charge in [0.2, 0.25) is 5.91 Å². The average Bonchev–Trinajstić information content (AvgIpc) is 2.44. The Morgan fingerprint density at radius 2 is 2.10 bits per heavy atom. The molecular weight excluding hydrogens is 254 g/mol. The highest BCUT2D eigenvalue weighted by Gasteiger charge is 2.10. The van der Waals surface area contributed by atoms with Gasteiger partial charge in [-0.05, 0) is 37.3 Å². The Hall–Kier alpha value is -1.84. The van der Waals surface area contributed by atoms with E-state index in [0.717, 1.165) is 37.5 Å². The Balaban J connectivity index is 2.26. The van der Waals surface area contributed by atoms with Crippen molar-refractivity contribution in [3.63, 3.8) is 0 Å². The number of hydrogen-bond donors (Lipinski definition) is 2. The first-order chi connectivity index (χ1) is 9.67. The van der Waals surface area contributed by atoms with Crippen LogP contribution in [-0.2, 0) is 16.0 Å². The molecule has 0 radical (unpaired) electrons. The van der Waals surface area contributed by atoms with E-state index in [-0.39, 0.29) is 5.91 Å². The number of amides is 1. The highest BCUT2D eigenvalue weighted by atomic mass is 16.3. The maximum atomic E-state index is 11.4. The highest BCUT2D eigenvalue weighted by Crippen LogP contribution is 2.18. The van der Waals surface area contributed by atoms with E-state index in [0.29, 0.717) is 18.6 Å². The van der Waals surface area contributed by atoms with E-state index in [9.17, 15) is 14.7 Å². The van der Waals surface area contributed by atoms with Crippen molar-refractivity contribution in [3.8, 4) is 5.75 Å². The summed E-state index contributed by atoms with van der Waals surface area (Å²) in [5.74, 6) is 0.251. The van der Waals surface area contributed by atoms with Crippen LogP contribution in [0, 0.1) is 0 Å². The van der Waals surface area contributed by atoms with Gasteiger partial charge in [0, 0.05) is 6.42 Å².